The summed E-state index contributed by atoms with van der Waals surface area (Å²) in [5.74, 6) is 0. The van der Waals surface area contributed by atoms with Crippen molar-refractivity contribution >= 4 is 0 Å². The molecule has 1 heterocycles. The number of rotatable bonds is 0. The Labute approximate surface area is 147 Å². The predicted molar refractivity (Wildman–Crippen MR) is 98.9 cm³/mol. The third-order valence-electron chi connectivity index (χ3n) is 3.61. The molecule has 0 aromatic carbocycles. The Balaban J connectivity index is 2.00. The molecule has 1 fully saturated rings. The highest BCUT2D eigenvalue weighted by Gasteiger charge is 1.94. The minimum absolute atomic E-state index is 0.771. The lowest BCUT2D eigenvalue weighted by Crippen LogP contribution is -2.36. The molecule has 24 heavy (non-hydrogen) atoms. The largest absolute Gasteiger partial charge is 0.379 e. The standard InChI is InChI=1S/C16H38N6O2/c1-5-19-9-13-23-15-11-21-7-3-18-4-8-22-12-16-24-14-10-20-6-2-17-1/h17-22H,1-16H2. The van der Waals surface area contributed by atoms with Crippen LogP contribution in [0.1, 0.15) is 0 Å². The van der Waals surface area contributed by atoms with E-state index in [1.807, 2.05) is 0 Å². The van der Waals surface area contributed by atoms with E-state index in [1.54, 1.807) is 0 Å². The summed E-state index contributed by atoms with van der Waals surface area (Å²) in [7, 11) is 0. The number of hydrogen-bond donors (Lipinski definition) is 6. The Morgan fingerprint density at radius 2 is 0.500 bits per heavy atom. The molecule has 1 aliphatic heterocycles. The maximum atomic E-state index is 5.57. The zero-order valence-corrected chi connectivity index (χ0v) is 15.1. The van der Waals surface area contributed by atoms with Gasteiger partial charge in [-0.2, -0.15) is 0 Å². The highest BCUT2D eigenvalue weighted by molar-refractivity contribution is 4.57. The Bertz CT molecular complexity index is 139. The number of nitrogens with one attached hydrogen (secondary N) is 6. The second-order valence-corrected chi connectivity index (χ2v) is 5.72. The van der Waals surface area contributed by atoms with Crippen LogP contribution in [0.5, 0.6) is 0 Å². The van der Waals surface area contributed by atoms with Gasteiger partial charge in [-0.25, -0.2) is 0 Å². The van der Waals surface area contributed by atoms with E-state index in [2.05, 4.69) is 31.9 Å². The second-order valence-electron chi connectivity index (χ2n) is 5.72. The van der Waals surface area contributed by atoms with E-state index in [1.165, 1.54) is 0 Å². The molecule has 1 saturated heterocycles. The quantitative estimate of drug-likeness (QED) is 0.289. The first kappa shape index (κ1) is 21.7. The Hall–Kier alpha value is -0.320. The van der Waals surface area contributed by atoms with Gasteiger partial charge in [-0.15, -0.1) is 0 Å². The lowest BCUT2D eigenvalue weighted by molar-refractivity contribution is 0.137. The van der Waals surface area contributed by atoms with Gasteiger partial charge in [-0.05, 0) is 0 Å². The van der Waals surface area contributed by atoms with E-state index in [9.17, 15) is 0 Å². The van der Waals surface area contributed by atoms with Crippen LogP contribution in [0.15, 0.2) is 0 Å². The van der Waals surface area contributed by atoms with Crippen LogP contribution < -0.4 is 31.9 Å². The van der Waals surface area contributed by atoms with Crippen molar-refractivity contribution in [2.75, 3.05) is 105 Å². The summed E-state index contributed by atoms with van der Waals surface area (Å²) in [6.07, 6.45) is 0. The van der Waals surface area contributed by atoms with Crippen molar-refractivity contribution in [3.05, 3.63) is 0 Å². The zero-order chi connectivity index (χ0) is 17.0. The Kier molecular flexibility index (Phi) is 17.2. The number of hydrogen-bond acceptors (Lipinski definition) is 8. The van der Waals surface area contributed by atoms with Crippen LogP contribution in [-0.4, -0.2) is 105 Å². The molecule has 0 atom stereocenters. The zero-order valence-electron chi connectivity index (χ0n) is 15.1. The minimum Gasteiger partial charge on any atom is -0.379 e. The third-order valence-corrected chi connectivity index (χ3v) is 3.61. The Morgan fingerprint density at radius 3 is 0.750 bits per heavy atom. The SMILES string of the molecule is C1CNCCOCCNCCNCCNCCOCCNCCN1. The molecule has 0 aliphatic carbocycles. The van der Waals surface area contributed by atoms with E-state index in [0.29, 0.717) is 0 Å². The summed E-state index contributed by atoms with van der Waals surface area (Å²) in [6, 6.07) is 0. The first-order chi connectivity index (χ1) is 12.0. The molecule has 8 heteroatoms. The fourth-order valence-electron chi connectivity index (χ4n) is 2.24. The van der Waals surface area contributed by atoms with Crippen LogP contribution in [0.25, 0.3) is 0 Å². The van der Waals surface area contributed by atoms with Crippen molar-refractivity contribution < 1.29 is 9.47 Å². The second kappa shape index (κ2) is 19.0. The molecule has 0 bridgehead atoms. The summed E-state index contributed by atoms with van der Waals surface area (Å²) in [5.41, 5.74) is 0. The van der Waals surface area contributed by atoms with Crippen molar-refractivity contribution in [2.45, 2.75) is 0 Å². The van der Waals surface area contributed by atoms with E-state index in [4.69, 9.17) is 9.47 Å². The van der Waals surface area contributed by atoms with E-state index >= 15 is 0 Å². The van der Waals surface area contributed by atoms with Crippen LogP contribution in [0.4, 0.5) is 0 Å². The van der Waals surface area contributed by atoms with Gasteiger partial charge in [0.05, 0.1) is 26.4 Å². The molecule has 1 rings (SSSR count). The summed E-state index contributed by atoms with van der Waals surface area (Å²) >= 11 is 0. The summed E-state index contributed by atoms with van der Waals surface area (Å²) in [4.78, 5) is 0. The van der Waals surface area contributed by atoms with Gasteiger partial charge in [-0.1, -0.05) is 0 Å². The van der Waals surface area contributed by atoms with Crippen LogP contribution in [0, 0.1) is 0 Å². The summed E-state index contributed by atoms with van der Waals surface area (Å²) in [5, 5.41) is 20.3. The van der Waals surface area contributed by atoms with Gasteiger partial charge in [0.15, 0.2) is 0 Å². The van der Waals surface area contributed by atoms with Crippen LogP contribution in [-0.2, 0) is 9.47 Å². The predicted octanol–water partition coefficient (Wildman–Crippen LogP) is -2.43. The highest BCUT2D eigenvalue weighted by atomic mass is 16.5. The molecule has 0 aromatic heterocycles. The monoisotopic (exact) mass is 346 g/mol. The van der Waals surface area contributed by atoms with Crippen LogP contribution in [0.3, 0.4) is 0 Å². The average Bonchev–Trinajstić information content (AvgIpc) is 2.59. The third kappa shape index (κ3) is 16.5. The van der Waals surface area contributed by atoms with Crippen molar-refractivity contribution in [1.29, 1.82) is 0 Å². The molecular formula is C16H38N6O2. The van der Waals surface area contributed by atoms with Gasteiger partial charge in [0, 0.05) is 78.5 Å². The lowest BCUT2D eigenvalue weighted by atomic mass is 10.5. The van der Waals surface area contributed by atoms with E-state index in [0.717, 1.165) is 105 Å². The lowest BCUT2D eigenvalue weighted by Gasteiger charge is -2.10. The summed E-state index contributed by atoms with van der Waals surface area (Å²) in [6.45, 7) is 14.6. The van der Waals surface area contributed by atoms with Crippen molar-refractivity contribution in [3.8, 4) is 0 Å². The fraction of sp³-hybridized carbons (Fsp3) is 1.00. The molecule has 144 valence electrons. The first-order valence-corrected chi connectivity index (χ1v) is 9.40. The van der Waals surface area contributed by atoms with Gasteiger partial charge < -0.3 is 41.4 Å². The smallest absolute Gasteiger partial charge is 0.0591 e. The fourth-order valence-corrected chi connectivity index (χ4v) is 2.24. The summed E-state index contributed by atoms with van der Waals surface area (Å²) < 4.78 is 11.1. The normalized spacial score (nSPS) is 24.0. The Morgan fingerprint density at radius 1 is 0.292 bits per heavy atom. The molecule has 0 amide bonds. The van der Waals surface area contributed by atoms with Crippen LogP contribution in [0.2, 0.25) is 0 Å². The maximum Gasteiger partial charge on any atom is 0.0591 e. The molecular weight excluding hydrogens is 308 g/mol. The van der Waals surface area contributed by atoms with Gasteiger partial charge in [0.2, 0.25) is 0 Å². The molecule has 0 spiro atoms. The average molecular weight is 347 g/mol. The number of ether oxygens (including phenoxy) is 2. The van der Waals surface area contributed by atoms with Gasteiger partial charge in [-0.3, -0.25) is 0 Å². The molecule has 0 unspecified atom stereocenters. The molecule has 0 radical (unpaired) electrons. The van der Waals surface area contributed by atoms with Gasteiger partial charge >= 0.3 is 0 Å². The highest BCUT2D eigenvalue weighted by Crippen LogP contribution is 1.74. The molecule has 1 aliphatic rings. The molecule has 0 aromatic rings. The molecule has 0 saturated carbocycles. The minimum atomic E-state index is 0.771. The topological polar surface area (TPSA) is 90.6 Å². The van der Waals surface area contributed by atoms with Crippen molar-refractivity contribution in [2.24, 2.45) is 0 Å². The molecule has 6 N–H and O–H groups in total. The van der Waals surface area contributed by atoms with E-state index in [-0.39, 0.29) is 0 Å². The van der Waals surface area contributed by atoms with Gasteiger partial charge in [0.1, 0.15) is 0 Å². The first-order valence-electron chi connectivity index (χ1n) is 9.40. The maximum absolute atomic E-state index is 5.57. The van der Waals surface area contributed by atoms with Gasteiger partial charge in [0.25, 0.3) is 0 Å². The molecule has 8 nitrogen and oxygen atoms in total. The van der Waals surface area contributed by atoms with Crippen LogP contribution >= 0.6 is 0 Å². The van der Waals surface area contributed by atoms with Crippen molar-refractivity contribution in [3.63, 3.8) is 0 Å². The van der Waals surface area contributed by atoms with Crippen molar-refractivity contribution in [1.82, 2.24) is 31.9 Å². The van der Waals surface area contributed by atoms with E-state index < -0.39 is 0 Å².